The third-order valence-corrected chi connectivity index (χ3v) is 6.54. The van der Waals surface area contributed by atoms with Crippen LogP contribution in [-0.4, -0.2) is 39.2 Å². The Morgan fingerprint density at radius 1 is 0.895 bits per heavy atom. The number of anilines is 2. The SMILES string of the molecule is CCc1ccc(NC(=O)N(CC(=O)Nc2c(-c3ccccc3)c(C)nn2-c2ccccc2C)C(C)C)cc1. The number of carbonyl (C=O) groups is 2. The Kier molecular flexibility index (Phi) is 8.26. The van der Waals surface area contributed by atoms with E-state index in [9.17, 15) is 9.59 Å². The van der Waals surface area contributed by atoms with Gasteiger partial charge in [-0.2, -0.15) is 5.10 Å². The molecule has 2 N–H and O–H groups in total. The van der Waals surface area contributed by atoms with E-state index in [1.165, 1.54) is 10.5 Å². The lowest BCUT2D eigenvalue weighted by Crippen LogP contribution is -2.44. The third kappa shape index (κ3) is 5.94. The summed E-state index contributed by atoms with van der Waals surface area (Å²) in [5.41, 5.74) is 6.39. The van der Waals surface area contributed by atoms with E-state index in [4.69, 9.17) is 5.10 Å². The fourth-order valence-electron chi connectivity index (χ4n) is 4.40. The molecule has 7 nitrogen and oxygen atoms in total. The van der Waals surface area contributed by atoms with Crippen molar-refractivity contribution in [2.75, 3.05) is 17.2 Å². The molecule has 196 valence electrons. The van der Waals surface area contributed by atoms with Crippen LogP contribution in [0.5, 0.6) is 0 Å². The summed E-state index contributed by atoms with van der Waals surface area (Å²) in [5, 5.41) is 10.8. The summed E-state index contributed by atoms with van der Waals surface area (Å²) >= 11 is 0. The minimum atomic E-state index is -0.328. The number of hydrogen-bond acceptors (Lipinski definition) is 3. The highest BCUT2D eigenvalue weighted by Gasteiger charge is 2.24. The van der Waals surface area contributed by atoms with Crippen molar-refractivity contribution in [2.45, 2.75) is 47.1 Å². The molecule has 4 rings (SSSR count). The number of aromatic nitrogens is 2. The molecule has 0 unspecified atom stereocenters. The van der Waals surface area contributed by atoms with Gasteiger partial charge in [0.05, 0.1) is 11.4 Å². The van der Waals surface area contributed by atoms with Gasteiger partial charge in [-0.1, -0.05) is 67.6 Å². The molecule has 1 aromatic heterocycles. The third-order valence-electron chi connectivity index (χ3n) is 6.54. The molecule has 4 aromatic rings. The first kappa shape index (κ1) is 26.7. The Bertz CT molecular complexity index is 1410. The average molecular weight is 510 g/mol. The minimum Gasteiger partial charge on any atom is -0.313 e. The molecule has 0 radical (unpaired) electrons. The number of aryl methyl sites for hydroxylation is 3. The summed E-state index contributed by atoms with van der Waals surface area (Å²) in [6.07, 6.45) is 0.927. The van der Waals surface area contributed by atoms with Crippen LogP contribution in [0.1, 0.15) is 37.6 Å². The van der Waals surface area contributed by atoms with Crippen LogP contribution in [0.3, 0.4) is 0 Å². The van der Waals surface area contributed by atoms with E-state index in [0.29, 0.717) is 11.5 Å². The molecule has 0 fully saturated rings. The van der Waals surface area contributed by atoms with Gasteiger partial charge in [0.25, 0.3) is 0 Å². The fourth-order valence-corrected chi connectivity index (χ4v) is 4.40. The maximum absolute atomic E-state index is 13.5. The summed E-state index contributed by atoms with van der Waals surface area (Å²) in [7, 11) is 0. The van der Waals surface area contributed by atoms with Crippen LogP contribution < -0.4 is 10.6 Å². The van der Waals surface area contributed by atoms with Gasteiger partial charge in [-0.3, -0.25) is 4.79 Å². The van der Waals surface area contributed by atoms with Gasteiger partial charge in [0.15, 0.2) is 0 Å². The first-order chi connectivity index (χ1) is 18.3. The van der Waals surface area contributed by atoms with Crippen LogP contribution in [0, 0.1) is 13.8 Å². The highest BCUT2D eigenvalue weighted by molar-refractivity contribution is 5.99. The van der Waals surface area contributed by atoms with Gasteiger partial charge in [-0.15, -0.1) is 0 Å². The molecule has 1 heterocycles. The predicted octanol–water partition coefficient (Wildman–Crippen LogP) is 6.60. The largest absolute Gasteiger partial charge is 0.322 e. The summed E-state index contributed by atoms with van der Waals surface area (Å²) in [6.45, 7) is 9.71. The Hall–Kier alpha value is -4.39. The van der Waals surface area contributed by atoms with Crippen molar-refractivity contribution in [3.05, 3.63) is 95.7 Å². The smallest absolute Gasteiger partial charge is 0.313 e. The molecule has 0 aliphatic rings. The molecule has 0 saturated carbocycles. The van der Waals surface area contributed by atoms with Gasteiger partial charge < -0.3 is 15.5 Å². The number of hydrogen-bond donors (Lipinski definition) is 2. The number of nitrogens with one attached hydrogen (secondary N) is 2. The lowest BCUT2D eigenvalue weighted by molar-refractivity contribution is -0.117. The molecule has 0 atom stereocenters. The number of rotatable bonds is 8. The topological polar surface area (TPSA) is 79.3 Å². The van der Waals surface area contributed by atoms with Crippen LogP contribution in [0.25, 0.3) is 16.8 Å². The van der Waals surface area contributed by atoms with Crippen molar-refractivity contribution >= 4 is 23.4 Å². The number of amides is 3. The second kappa shape index (κ2) is 11.8. The molecule has 0 aliphatic heterocycles. The Morgan fingerprint density at radius 3 is 2.18 bits per heavy atom. The van der Waals surface area contributed by atoms with Crippen LogP contribution >= 0.6 is 0 Å². The second-order valence-corrected chi connectivity index (χ2v) is 9.62. The number of para-hydroxylation sites is 1. The second-order valence-electron chi connectivity index (χ2n) is 9.62. The van der Waals surface area contributed by atoms with E-state index >= 15 is 0 Å². The molecular weight excluding hydrogens is 474 g/mol. The molecule has 3 aromatic carbocycles. The summed E-state index contributed by atoms with van der Waals surface area (Å²) < 4.78 is 1.78. The lowest BCUT2D eigenvalue weighted by Gasteiger charge is -2.26. The zero-order valence-corrected chi connectivity index (χ0v) is 22.7. The summed E-state index contributed by atoms with van der Waals surface area (Å²) in [5.74, 6) is 0.273. The number of nitrogens with zero attached hydrogens (tertiary/aromatic N) is 3. The monoisotopic (exact) mass is 509 g/mol. The number of carbonyl (C=O) groups excluding carboxylic acids is 2. The molecule has 3 amide bonds. The van der Waals surface area contributed by atoms with Gasteiger partial charge in [0.1, 0.15) is 12.4 Å². The van der Waals surface area contributed by atoms with Gasteiger partial charge in [-0.25, -0.2) is 9.48 Å². The van der Waals surface area contributed by atoms with Crippen LogP contribution in [0.4, 0.5) is 16.3 Å². The van der Waals surface area contributed by atoms with E-state index in [2.05, 4.69) is 17.6 Å². The van der Waals surface area contributed by atoms with Crippen molar-refractivity contribution in [2.24, 2.45) is 0 Å². The van der Waals surface area contributed by atoms with E-state index in [1.807, 2.05) is 107 Å². The maximum Gasteiger partial charge on any atom is 0.322 e. The zero-order chi connectivity index (χ0) is 27.2. The average Bonchev–Trinajstić information content (AvgIpc) is 3.23. The van der Waals surface area contributed by atoms with Crippen molar-refractivity contribution in [3.63, 3.8) is 0 Å². The molecule has 38 heavy (non-hydrogen) atoms. The van der Waals surface area contributed by atoms with Gasteiger partial charge >= 0.3 is 6.03 Å². The van der Waals surface area contributed by atoms with Crippen molar-refractivity contribution in [1.82, 2.24) is 14.7 Å². The Labute approximate surface area is 224 Å². The lowest BCUT2D eigenvalue weighted by atomic mass is 10.1. The van der Waals surface area contributed by atoms with E-state index < -0.39 is 0 Å². The molecular formula is C31H35N5O2. The van der Waals surface area contributed by atoms with Gasteiger partial charge in [-0.05, 0) is 69.0 Å². The van der Waals surface area contributed by atoms with E-state index in [1.54, 1.807) is 4.68 Å². The van der Waals surface area contributed by atoms with Gasteiger partial charge in [0, 0.05) is 17.3 Å². The maximum atomic E-state index is 13.5. The van der Waals surface area contributed by atoms with E-state index in [0.717, 1.165) is 34.5 Å². The first-order valence-electron chi connectivity index (χ1n) is 13.0. The van der Waals surface area contributed by atoms with Crippen LogP contribution in [0.2, 0.25) is 0 Å². The molecule has 7 heteroatoms. The summed E-state index contributed by atoms with van der Waals surface area (Å²) in [6, 6.07) is 25.0. The van der Waals surface area contributed by atoms with Crippen molar-refractivity contribution in [3.8, 4) is 16.8 Å². The van der Waals surface area contributed by atoms with Gasteiger partial charge in [0.2, 0.25) is 5.91 Å². The van der Waals surface area contributed by atoms with Crippen molar-refractivity contribution < 1.29 is 9.59 Å². The molecule has 0 saturated heterocycles. The van der Waals surface area contributed by atoms with Crippen molar-refractivity contribution in [1.29, 1.82) is 0 Å². The minimum absolute atomic E-state index is 0.108. The normalized spacial score (nSPS) is 10.9. The number of benzene rings is 3. The fraction of sp³-hybridized carbons (Fsp3) is 0.258. The highest BCUT2D eigenvalue weighted by atomic mass is 16.2. The molecule has 0 spiro atoms. The standard InChI is InChI=1S/C31H35N5O2/c1-6-24-16-18-26(19-17-24)32-31(38)35(21(2)3)20-28(37)33-30-29(25-13-8-7-9-14-25)23(5)34-36(30)27-15-11-10-12-22(27)4/h7-19,21H,6,20H2,1-5H3,(H,32,38)(H,33,37). The number of urea groups is 1. The first-order valence-corrected chi connectivity index (χ1v) is 13.0. The Morgan fingerprint density at radius 2 is 1.55 bits per heavy atom. The Balaban J connectivity index is 1.62. The zero-order valence-electron chi connectivity index (χ0n) is 22.7. The van der Waals surface area contributed by atoms with Crippen LogP contribution in [-0.2, 0) is 11.2 Å². The predicted molar refractivity (Wildman–Crippen MR) is 154 cm³/mol. The van der Waals surface area contributed by atoms with E-state index in [-0.39, 0.29) is 24.5 Å². The quantitative estimate of drug-likeness (QED) is 0.281. The summed E-state index contributed by atoms with van der Waals surface area (Å²) in [4.78, 5) is 28.1. The molecule has 0 aliphatic carbocycles. The van der Waals surface area contributed by atoms with Crippen LogP contribution in [0.15, 0.2) is 78.9 Å². The highest BCUT2D eigenvalue weighted by Crippen LogP contribution is 2.34. The molecule has 0 bridgehead atoms.